The van der Waals surface area contributed by atoms with Crippen molar-refractivity contribution < 1.29 is 4.79 Å². The number of aryl methyl sites for hydroxylation is 1. The summed E-state index contributed by atoms with van der Waals surface area (Å²) >= 11 is 0. The zero-order valence-electron chi connectivity index (χ0n) is 19.1. The van der Waals surface area contributed by atoms with Gasteiger partial charge in [0.05, 0.1) is 12.7 Å². The van der Waals surface area contributed by atoms with Crippen molar-refractivity contribution in [1.29, 1.82) is 0 Å². The van der Waals surface area contributed by atoms with Gasteiger partial charge in [0.2, 0.25) is 5.91 Å². The van der Waals surface area contributed by atoms with E-state index in [1.54, 1.807) is 18.6 Å². The molecule has 1 saturated heterocycles. The molecule has 4 heterocycles. The molecule has 1 amide bonds. The van der Waals surface area contributed by atoms with E-state index in [0.717, 1.165) is 62.5 Å². The van der Waals surface area contributed by atoms with Crippen LogP contribution in [-0.4, -0.2) is 56.8 Å². The van der Waals surface area contributed by atoms with Crippen LogP contribution in [0.3, 0.4) is 0 Å². The van der Waals surface area contributed by atoms with Crippen LogP contribution in [0.2, 0.25) is 0 Å². The fourth-order valence-electron chi connectivity index (χ4n) is 4.91. The largest absolute Gasteiger partial charge is 0.341 e. The fourth-order valence-corrected chi connectivity index (χ4v) is 4.91. The molecule has 0 aliphatic carbocycles. The molecule has 2 aromatic heterocycles. The highest BCUT2D eigenvalue weighted by molar-refractivity contribution is 5.78. The molecule has 1 fully saturated rings. The Kier molecular flexibility index (Phi) is 6.30. The molecule has 7 nitrogen and oxygen atoms in total. The maximum Gasteiger partial charge on any atom is 0.236 e. The zero-order chi connectivity index (χ0) is 22.6. The molecule has 33 heavy (non-hydrogen) atoms. The van der Waals surface area contributed by atoms with Gasteiger partial charge in [-0.2, -0.15) is 0 Å². The van der Waals surface area contributed by atoms with Gasteiger partial charge in [-0.05, 0) is 49.4 Å². The number of carbonyl (C=O) groups excluding carboxylic acids is 1. The van der Waals surface area contributed by atoms with Crippen molar-refractivity contribution in [2.24, 2.45) is 0 Å². The molecule has 0 radical (unpaired) electrons. The van der Waals surface area contributed by atoms with E-state index < -0.39 is 0 Å². The van der Waals surface area contributed by atoms with Gasteiger partial charge in [-0.25, -0.2) is 4.98 Å². The highest BCUT2D eigenvalue weighted by Gasteiger charge is 2.28. The number of aromatic nitrogens is 3. The van der Waals surface area contributed by atoms with E-state index in [1.807, 2.05) is 17.9 Å². The Morgan fingerprint density at radius 1 is 1.15 bits per heavy atom. The molecular formula is C26H30N6O. The number of likely N-dealkylation sites (tertiary alicyclic amines) is 1. The predicted octanol–water partition coefficient (Wildman–Crippen LogP) is 3.69. The molecule has 2 aliphatic rings. The van der Waals surface area contributed by atoms with Gasteiger partial charge in [-0.15, -0.1) is 0 Å². The van der Waals surface area contributed by atoms with Crippen LogP contribution in [0.25, 0.3) is 0 Å². The van der Waals surface area contributed by atoms with Crippen molar-refractivity contribution in [3.63, 3.8) is 0 Å². The number of benzene rings is 1. The van der Waals surface area contributed by atoms with E-state index in [1.165, 1.54) is 11.1 Å². The fraction of sp³-hybridized carbons (Fsp3) is 0.385. The summed E-state index contributed by atoms with van der Waals surface area (Å²) in [5.41, 5.74) is 5.70. The minimum atomic E-state index is 0.227. The average molecular weight is 443 g/mol. The van der Waals surface area contributed by atoms with Gasteiger partial charge in [-0.3, -0.25) is 19.7 Å². The topological polar surface area (TPSA) is 74.2 Å². The van der Waals surface area contributed by atoms with Crippen molar-refractivity contribution >= 4 is 17.4 Å². The Balaban J connectivity index is 1.24. The van der Waals surface area contributed by atoms with Crippen LogP contribution >= 0.6 is 0 Å². The Bertz CT molecular complexity index is 1120. The molecular weight excluding hydrogens is 412 g/mol. The molecule has 7 heteroatoms. The summed E-state index contributed by atoms with van der Waals surface area (Å²) in [5.74, 6) is 1.18. The number of anilines is 2. The minimum absolute atomic E-state index is 0.227. The first-order valence-electron chi connectivity index (χ1n) is 11.7. The van der Waals surface area contributed by atoms with Crippen molar-refractivity contribution in [2.45, 2.75) is 38.6 Å². The first kappa shape index (κ1) is 21.5. The summed E-state index contributed by atoms with van der Waals surface area (Å²) in [7, 11) is 0. The Hall–Kier alpha value is -3.32. The number of nitrogens with one attached hydrogen (secondary N) is 1. The third kappa shape index (κ3) is 5.20. The highest BCUT2D eigenvalue weighted by Crippen LogP contribution is 2.29. The van der Waals surface area contributed by atoms with Gasteiger partial charge in [0.15, 0.2) is 0 Å². The number of fused-ring (bicyclic) bond motifs is 1. The van der Waals surface area contributed by atoms with E-state index in [0.29, 0.717) is 12.4 Å². The van der Waals surface area contributed by atoms with Gasteiger partial charge in [0.25, 0.3) is 0 Å². The maximum absolute atomic E-state index is 13.2. The van der Waals surface area contributed by atoms with Gasteiger partial charge in [-0.1, -0.05) is 24.3 Å². The number of hydrogen-bond donors (Lipinski definition) is 1. The number of pyridine rings is 1. The van der Waals surface area contributed by atoms with Crippen LogP contribution < -0.4 is 5.32 Å². The van der Waals surface area contributed by atoms with Gasteiger partial charge in [0, 0.05) is 61.6 Å². The lowest BCUT2D eigenvalue weighted by atomic mass is 9.93. The second-order valence-electron chi connectivity index (χ2n) is 9.05. The molecule has 1 unspecified atom stereocenters. The number of hydrogen-bond acceptors (Lipinski definition) is 6. The number of amides is 1. The van der Waals surface area contributed by atoms with E-state index in [4.69, 9.17) is 4.98 Å². The number of nitrogens with zero attached hydrogens (tertiary/aromatic N) is 5. The smallest absolute Gasteiger partial charge is 0.236 e. The molecule has 1 aromatic carbocycles. The Morgan fingerprint density at radius 3 is 2.88 bits per heavy atom. The van der Waals surface area contributed by atoms with Crippen molar-refractivity contribution in [2.75, 3.05) is 31.5 Å². The van der Waals surface area contributed by atoms with Crippen LogP contribution in [0.4, 0.5) is 11.5 Å². The lowest BCUT2D eigenvalue weighted by Crippen LogP contribution is -2.45. The number of rotatable bonds is 5. The van der Waals surface area contributed by atoms with Gasteiger partial charge >= 0.3 is 0 Å². The molecule has 2 aliphatic heterocycles. The molecule has 5 rings (SSSR count). The van der Waals surface area contributed by atoms with Crippen LogP contribution in [0.5, 0.6) is 0 Å². The SMILES string of the molecule is Cc1cc(Nc2cnccn2)cc(C2CCCN(C(=O)CN3CCc4ccccc4C3)C2)n1. The first-order chi connectivity index (χ1) is 16.1. The summed E-state index contributed by atoms with van der Waals surface area (Å²) in [6.07, 6.45) is 8.09. The van der Waals surface area contributed by atoms with Crippen LogP contribution in [0.1, 0.15) is 41.3 Å². The second-order valence-corrected chi connectivity index (χ2v) is 9.05. The average Bonchev–Trinajstić information content (AvgIpc) is 2.84. The molecule has 0 saturated carbocycles. The van der Waals surface area contributed by atoms with E-state index >= 15 is 0 Å². The monoisotopic (exact) mass is 442 g/mol. The molecule has 1 atom stereocenters. The maximum atomic E-state index is 13.2. The van der Waals surface area contributed by atoms with Crippen molar-refractivity contribution in [1.82, 2.24) is 24.8 Å². The lowest BCUT2D eigenvalue weighted by molar-refractivity contribution is -0.133. The van der Waals surface area contributed by atoms with E-state index in [9.17, 15) is 4.79 Å². The van der Waals surface area contributed by atoms with Crippen molar-refractivity contribution in [3.05, 3.63) is 77.5 Å². The third-order valence-corrected chi connectivity index (χ3v) is 6.57. The summed E-state index contributed by atoms with van der Waals surface area (Å²) in [4.78, 5) is 30.7. The first-order valence-corrected chi connectivity index (χ1v) is 11.7. The molecule has 1 N–H and O–H groups in total. The Labute approximate surface area is 194 Å². The Morgan fingerprint density at radius 2 is 2.03 bits per heavy atom. The summed E-state index contributed by atoms with van der Waals surface area (Å²) in [6.45, 7) is 5.85. The quantitative estimate of drug-likeness (QED) is 0.650. The summed E-state index contributed by atoms with van der Waals surface area (Å²) < 4.78 is 0. The van der Waals surface area contributed by atoms with Crippen molar-refractivity contribution in [3.8, 4) is 0 Å². The minimum Gasteiger partial charge on any atom is -0.341 e. The number of carbonyl (C=O) groups is 1. The molecule has 170 valence electrons. The molecule has 0 spiro atoms. The van der Waals surface area contributed by atoms with E-state index in [2.05, 4.69) is 50.5 Å². The van der Waals surface area contributed by atoms with Crippen LogP contribution in [0, 0.1) is 6.92 Å². The lowest BCUT2D eigenvalue weighted by Gasteiger charge is -2.35. The standard InChI is InChI=1S/C26H30N6O/c1-19-13-23(30-25-15-27-9-10-28-25)14-24(29-19)22-7-4-11-32(17-22)26(33)18-31-12-8-20-5-2-3-6-21(20)16-31/h2-3,5-6,9-10,13-15,22H,4,7-8,11-12,16-18H2,1H3,(H,28,29,30). The predicted molar refractivity (Wildman–Crippen MR) is 128 cm³/mol. The summed E-state index contributed by atoms with van der Waals surface area (Å²) in [5, 5.41) is 3.32. The normalized spacial score (nSPS) is 18.6. The summed E-state index contributed by atoms with van der Waals surface area (Å²) in [6, 6.07) is 12.7. The molecule has 3 aromatic rings. The van der Waals surface area contributed by atoms with Crippen LogP contribution in [-0.2, 0) is 17.8 Å². The van der Waals surface area contributed by atoms with E-state index in [-0.39, 0.29) is 11.8 Å². The molecule has 0 bridgehead atoms. The van der Waals surface area contributed by atoms with Gasteiger partial charge < -0.3 is 10.2 Å². The zero-order valence-corrected chi connectivity index (χ0v) is 19.1. The van der Waals surface area contributed by atoms with Gasteiger partial charge in [0.1, 0.15) is 5.82 Å². The van der Waals surface area contributed by atoms with Crippen LogP contribution in [0.15, 0.2) is 55.0 Å². The number of piperidine rings is 1. The third-order valence-electron chi connectivity index (χ3n) is 6.57. The second kappa shape index (κ2) is 9.67. The highest BCUT2D eigenvalue weighted by atomic mass is 16.2.